The first kappa shape index (κ1) is 12.6. The molecule has 1 unspecified atom stereocenters. The van der Waals surface area contributed by atoms with E-state index in [0.717, 1.165) is 5.56 Å². The molecule has 2 rings (SSSR count). The maximum absolute atomic E-state index is 9.70. The SMILES string of the molecule is CC=CC(O)Cc1ccc(-c2ccccc2)cc1. The zero-order chi connectivity index (χ0) is 12.8. The number of aliphatic hydroxyl groups excluding tert-OH is 1. The second-order valence-corrected chi connectivity index (χ2v) is 4.36. The van der Waals surface area contributed by atoms with E-state index in [1.165, 1.54) is 11.1 Å². The number of aliphatic hydroxyl groups is 1. The molecular formula is C17H18O. The third-order valence-corrected chi connectivity index (χ3v) is 2.92. The fourth-order valence-electron chi connectivity index (χ4n) is 2.00. The molecule has 1 atom stereocenters. The predicted octanol–water partition coefficient (Wildman–Crippen LogP) is 3.83. The summed E-state index contributed by atoms with van der Waals surface area (Å²) in [6, 6.07) is 18.7. The molecule has 1 heteroatoms. The van der Waals surface area contributed by atoms with E-state index in [-0.39, 0.29) is 0 Å². The summed E-state index contributed by atoms with van der Waals surface area (Å²) >= 11 is 0. The molecule has 2 aromatic rings. The van der Waals surface area contributed by atoms with E-state index in [0.29, 0.717) is 6.42 Å². The largest absolute Gasteiger partial charge is 0.389 e. The van der Waals surface area contributed by atoms with Gasteiger partial charge in [0.2, 0.25) is 0 Å². The van der Waals surface area contributed by atoms with Gasteiger partial charge in [0.05, 0.1) is 6.10 Å². The monoisotopic (exact) mass is 238 g/mol. The molecule has 1 N–H and O–H groups in total. The van der Waals surface area contributed by atoms with Crippen LogP contribution in [0.4, 0.5) is 0 Å². The van der Waals surface area contributed by atoms with Gasteiger partial charge in [-0.15, -0.1) is 0 Å². The van der Waals surface area contributed by atoms with Crippen molar-refractivity contribution in [1.29, 1.82) is 0 Å². The molecule has 0 spiro atoms. The van der Waals surface area contributed by atoms with Gasteiger partial charge in [-0.1, -0.05) is 66.7 Å². The van der Waals surface area contributed by atoms with Gasteiger partial charge in [0.25, 0.3) is 0 Å². The van der Waals surface area contributed by atoms with Crippen LogP contribution < -0.4 is 0 Å². The van der Waals surface area contributed by atoms with Crippen LogP contribution in [0.3, 0.4) is 0 Å². The van der Waals surface area contributed by atoms with Crippen molar-refractivity contribution in [3.05, 3.63) is 72.3 Å². The summed E-state index contributed by atoms with van der Waals surface area (Å²) in [5, 5.41) is 9.70. The van der Waals surface area contributed by atoms with Gasteiger partial charge < -0.3 is 5.11 Å². The summed E-state index contributed by atoms with van der Waals surface area (Å²) in [4.78, 5) is 0. The van der Waals surface area contributed by atoms with Crippen molar-refractivity contribution in [3.63, 3.8) is 0 Å². The van der Waals surface area contributed by atoms with E-state index in [9.17, 15) is 5.11 Å². The lowest BCUT2D eigenvalue weighted by Crippen LogP contribution is -2.06. The normalized spacial score (nSPS) is 12.8. The van der Waals surface area contributed by atoms with Crippen molar-refractivity contribution in [2.24, 2.45) is 0 Å². The van der Waals surface area contributed by atoms with E-state index >= 15 is 0 Å². The van der Waals surface area contributed by atoms with Crippen LogP contribution >= 0.6 is 0 Å². The van der Waals surface area contributed by atoms with Crippen molar-refractivity contribution < 1.29 is 5.11 Å². The van der Waals surface area contributed by atoms with Crippen LogP contribution in [-0.4, -0.2) is 11.2 Å². The molecule has 0 amide bonds. The maximum atomic E-state index is 9.70. The van der Waals surface area contributed by atoms with Crippen LogP contribution in [0, 0.1) is 0 Å². The van der Waals surface area contributed by atoms with Crippen molar-refractivity contribution >= 4 is 0 Å². The molecule has 0 aliphatic carbocycles. The van der Waals surface area contributed by atoms with Crippen LogP contribution in [0.15, 0.2) is 66.7 Å². The topological polar surface area (TPSA) is 20.2 Å². The standard InChI is InChI=1S/C17H18O/c1-2-6-17(18)13-14-9-11-16(12-10-14)15-7-4-3-5-8-15/h2-12,17-18H,13H2,1H3. The van der Waals surface area contributed by atoms with Crippen LogP contribution in [-0.2, 0) is 6.42 Å². The fourth-order valence-corrected chi connectivity index (χ4v) is 2.00. The summed E-state index contributed by atoms with van der Waals surface area (Å²) in [7, 11) is 0. The Balaban J connectivity index is 2.11. The molecule has 92 valence electrons. The molecular weight excluding hydrogens is 220 g/mol. The Morgan fingerprint density at radius 1 is 0.944 bits per heavy atom. The van der Waals surface area contributed by atoms with Crippen LogP contribution in [0.2, 0.25) is 0 Å². The number of allylic oxidation sites excluding steroid dienone is 1. The Hall–Kier alpha value is -1.86. The summed E-state index contributed by atoms with van der Waals surface area (Å²) < 4.78 is 0. The molecule has 0 radical (unpaired) electrons. The Kier molecular flexibility index (Phi) is 4.32. The molecule has 0 fully saturated rings. The van der Waals surface area contributed by atoms with Crippen LogP contribution in [0.1, 0.15) is 12.5 Å². The zero-order valence-corrected chi connectivity index (χ0v) is 10.6. The van der Waals surface area contributed by atoms with Gasteiger partial charge in [0, 0.05) is 6.42 Å². The van der Waals surface area contributed by atoms with Crippen molar-refractivity contribution in [2.45, 2.75) is 19.4 Å². The minimum Gasteiger partial charge on any atom is -0.389 e. The molecule has 18 heavy (non-hydrogen) atoms. The molecule has 0 aliphatic rings. The number of rotatable bonds is 4. The fraction of sp³-hybridized carbons (Fsp3) is 0.176. The minimum absolute atomic E-state index is 0.391. The first-order valence-electron chi connectivity index (χ1n) is 6.25. The Morgan fingerprint density at radius 3 is 2.17 bits per heavy atom. The highest BCUT2D eigenvalue weighted by Gasteiger charge is 2.02. The molecule has 1 nitrogen and oxygen atoms in total. The third-order valence-electron chi connectivity index (χ3n) is 2.92. The Bertz CT molecular complexity index is 497. The Labute approximate surface area is 108 Å². The molecule has 0 heterocycles. The third kappa shape index (κ3) is 3.31. The van der Waals surface area contributed by atoms with E-state index in [2.05, 4.69) is 36.4 Å². The molecule has 0 bridgehead atoms. The van der Waals surface area contributed by atoms with Crippen LogP contribution in [0.25, 0.3) is 11.1 Å². The van der Waals surface area contributed by atoms with Gasteiger partial charge in [-0.3, -0.25) is 0 Å². The smallest absolute Gasteiger partial charge is 0.0761 e. The lowest BCUT2D eigenvalue weighted by molar-refractivity contribution is 0.224. The summed E-state index contributed by atoms with van der Waals surface area (Å²) in [5.41, 5.74) is 3.58. The van der Waals surface area contributed by atoms with Gasteiger partial charge in [-0.2, -0.15) is 0 Å². The van der Waals surface area contributed by atoms with E-state index < -0.39 is 6.10 Å². The zero-order valence-electron chi connectivity index (χ0n) is 10.6. The van der Waals surface area contributed by atoms with E-state index in [1.54, 1.807) is 0 Å². The minimum atomic E-state index is -0.391. The lowest BCUT2D eigenvalue weighted by Gasteiger charge is -2.07. The highest BCUT2D eigenvalue weighted by molar-refractivity contribution is 5.63. The Morgan fingerprint density at radius 2 is 1.56 bits per heavy atom. The van der Waals surface area contributed by atoms with Gasteiger partial charge in [0.15, 0.2) is 0 Å². The second-order valence-electron chi connectivity index (χ2n) is 4.36. The van der Waals surface area contributed by atoms with Gasteiger partial charge in [-0.25, -0.2) is 0 Å². The highest BCUT2D eigenvalue weighted by Crippen LogP contribution is 2.19. The van der Waals surface area contributed by atoms with Gasteiger partial charge in [-0.05, 0) is 23.6 Å². The summed E-state index contributed by atoms with van der Waals surface area (Å²) in [6.07, 6.45) is 3.96. The average Bonchev–Trinajstić information content (AvgIpc) is 2.41. The van der Waals surface area contributed by atoms with Gasteiger partial charge in [0.1, 0.15) is 0 Å². The highest BCUT2D eigenvalue weighted by atomic mass is 16.3. The maximum Gasteiger partial charge on any atom is 0.0761 e. The predicted molar refractivity (Wildman–Crippen MR) is 76.4 cm³/mol. The van der Waals surface area contributed by atoms with Crippen LogP contribution in [0.5, 0.6) is 0 Å². The molecule has 0 saturated heterocycles. The number of hydrogen-bond donors (Lipinski definition) is 1. The van der Waals surface area contributed by atoms with Gasteiger partial charge >= 0.3 is 0 Å². The van der Waals surface area contributed by atoms with Crippen molar-refractivity contribution in [1.82, 2.24) is 0 Å². The van der Waals surface area contributed by atoms with Crippen molar-refractivity contribution in [2.75, 3.05) is 0 Å². The number of benzene rings is 2. The molecule has 0 aliphatic heterocycles. The average molecular weight is 238 g/mol. The molecule has 2 aromatic carbocycles. The first-order valence-corrected chi connectivity index (χ1v) is 6.25. The summed E-state index contributed by atoms with van der Waals surface area (Å²) in [6.45, 7) is 1.92. The lowest BCUT2D eigenvalue weighted by atomic mass is 10.0. The van der Waals surface area contributed by atoms with E-state index in [4.69, 9.17) is 0 Å². The molecule has 0 saturated carbocycles. The van der Waals surface area contributed by atoms with E-state index in [1.807, 2.05) is 37.3 Å². The molecule has 0 aromatic heterocycles. The second kappa shape index (κ2) is 6.18. The quantitative estimate of drug-likeness (QED) is 0.802. The number of hydrogen-bond acceptors (Lipinski definition) is 1. The van der Waals surface area contributed by atoms with Crippen molar-refractivity contribution in [3.8, 4) is 11.1 Å². The first-order chi connectivity index (χ1) is 8.79. The summed E-state index contributed by atoms with van der Waals surface area (Å²) in [5.74, 6) is 0.